The molecule has 0 aliphatic rings. The van der Waals surface area contributed by atoms with Crippen molar-refractivity contribution in [2.24, 2.45) is 0 Å². The molecule has 0 aliphatic carbocycles. The molecule has 0 saturated carbocycles. The zero-order valence-electron chi connectivity index (χ0n) is 6.17. The Balaban J connectivity index is 3.35. The Hall–Kier alpha value is -1.04. The van der Waals surface area contributed by atoms with E-state index in [1.807, 2.05) is 0 Å². The highest BCUT2D eigenvalue weighted by atomic mass is 79.9. The monoisotopic (exact) mass is 251 g/mol. The Morgan fingerprint density at radius 1 is 1.62 bits per heavy atom. The van der Waals surface area contributed by atoms with Crippen LogP contribution in [0.25, 0.3) is 0 Å². The summed E-state index contributed by atoms with van der Waals surface area (Å²) in [7, 11) is 0. The smallest absolute Gasteiger partial charge is 0.281 e. The van der Waals surface area contributed by atoms with Crippen LogP contribution < -0.4 is 0 Å². The molecule has 70 valence electrons. The van der Waals surface area contributed by atoms with Gasteiger partial charge < -0.3 is 5.11 Å². The highest BCUT2D eigenvalue weighted by Crippen LogP contribution is 2.31. The quantitative estimate of drug-likeness (QED) is 0.821. The molecule has 13 heavy (non-hydrogen) atoms. The number of aromatic hydroxyl groups is 1. The Bertz CT molecular complexity index is 344. The van der Waals surface area contributed by atoms with Crippen LogP contribution in [-0.2, 0) is 0 Å². The van der Waals surface area contributed by atoms with Gasteiger partial charge in [-0.1, -0.05) is 0 Å². The SMILES string of the molecule is O=Cc1c(O)cnc(C(F)F)c1Br. The summed E-state index contributed by atoms with van der Waals surface area (Å²) in [5.74, 6) is -0.425. The van der Waals surface area contributed by atoms with Crippen molar-refractivity contribution in [2.75, 3.05) is 0 Å². The van der Waals surface area contributed by atoms with E-state index < -0.39 is 17.9 Å². The maximum atomic E-state index is 12.2. The molecular formula is C7H4BrF2NO2. The van der Waals surface area contributed by atoms with Gasteiger partial charge in [0.2, 0.25) is 0 Å². The van der Waals surface area contributed by atoms with Crippen molar-refractivity contribution in [3.05, 3.63) is 21.9 Å². The second kappa shape index (κ2) is 3.78. The average Bonchev–Trinajstić information content (AvgIpc) is 2.04. The van der Waals surface area contributed by atoms with Gasteiger partial charge in [-0.2, -0.15) is 0 Å². The van der Waals surface area contributed by atoms with E-state index in [2.05, 4.69) is 20.9 Å². The van der Waals surface area contributed by atoms with Gasteiger partial charge in [0.05, 0.1) is 16.2 Å². The highest BCUT2D eigenvalue weighted by Gasteiger charge is 2.18. The lowest BCUT2D eigenvalue weighted by Gasteiger charge is -2.05. The van der Waals surface area contributed by atoms with Crippen LogP contribution in [0.4, 0.5) is 8.78 Å². The molecule has 1 aromatic rings. The summed E-state index contributed by atoms with van der Waals surface area (Å²) < 4.78 is 24.2. The van der Waals surface area contributed by atoms with Crippen molar-refractivity contribution >= 4 is 22.2 Å². The van der Waals surface area contributed by atoms with Gasteiger partial charge in [-0.3, -0.25) is 9.78 Å². The largest absolute Gasteiger partial charge is 0.506 e. The van der Waals surface area contributed by atoms with Crippen LogP contribution in [0.1, 0.15) is 22.5 Å². The van der Waals surface area contributed by atoms with Crippen molar-refractivity contribution < 1.29 is 18.7 Å². The first kappa shape index (κ1) is 10.0. The summed E-state index contributed by atoms with van der Waals surface area (Å²) >= 11 is 2.76. The van der Waals surface area contributed by atoms with Crippen LogP contribution in [0.3, 0.4) is 0 Å². The summed E-state index contributed by atoms with van der Waals surface area (Å²) in [6.45, 7) is 0. The molecule has 0 fully saturated rings. The van der Waals surface area contributed by atoms with Crippen molar-refractivity contribution in [3.63, 3.8) is 0 Å². The van der Waals surface area contributed by atoms with Gasteiger partial charge in [-0.25, -0.2) is 8.78 Å². The van der Waals surface area contributed by atoms with E-state index in [9.17, 15) is 13.6 Å². The minimum Gasteiger partial charge on any atom is -0.506 e. The molecule has 0 atom stereocenters. The van der Waals surface area contributed by atoms with Crippen LogP contribution in [0.5, 0.6) is 5.75 Å². The van der Waals surface area contributed by atoms with Gasteiger partial charge in [0.15, 0.2) is 6.29 Å². The van der Waals surface area contributed by atoms with Gasteiger partial charge in [-0.15, -0.1) is 0 Å². The van der Waals surface area contributed by atoms with E-state index in [4.69, 9.17) is 5.11 Å². The van der Waals surface area contributed by atoms with Crippen molar-refractivity contribution in [1.82, 2.24) is 4.98 Å². The number of nitrogens with zero attached hydrogens (tertiary/aromatic N) is 1. The average molecular weight is 252 g/mol. The normalized spacial score (nSPS) is 10.5. The number of carbonyl (C=O) groups excluding carboxylic acids is 1. The molecule has 0 radical (unpaired) electrons. The molecule has 0 aromatic carbocycles. The fourth-order valence-corrected chi connectivity index (χ4v) is 1.34. The van der Waals surface area contributed by atoms with Crippen LogP contribution in [0, 0.1) is 0 Å². The van der Waals surface area contributed by atoms with Crippen LogP contribution in [-0.4, -0.2) is 16.4 Å². The third-order valence-electron chi connectivity index (χ3n) is 1.39. The minimum atomic E-state index is -2.78. The number of rotatable bonds is 2. The first-order valence-electron chi connectivity index (χ1n) is 3.18. The highest BCUT2D eigenvalue weighted by molar-refractivity contribution is 9.10. The maximum Gasteiger partial charge on any atom is 0.281 e. The van der Waals surface area contributed by atoms with E-state index in [0.717, 1.165) is 6.20 Å². The Morgan fingerprint density at radius 2 is 2.23 bits per heavy atom. The zero-order chi connectivity index (χ0) is 10.0. The lowest BCUT2D eigenvalue weighted by molar-refractivity contribution is 0.111. The summed E-state index contributed by atoms with van der Waals surface area (Å²) in [6.07, 6.45) is -1.68. The standard InChI is InChI=1S/C7H4BrF2NO2/c8-5-3(2-12)4(13)1-11-6(5)7(9)10/h1-2,7,13H. The second-order valence-electron chi connectivity index (χ2n) is 2.17. The molecule has 0 saturated heterocycles. The molecule has 1 rings (SSSR count). The zero-order valence-corrected chi connectivity index (χ0v) is 7.75. The predicted octanol–water partition coefficient (Wildman–Crippen LogP) is 2.30. The molecule has 1 aromatic heterocycles. The van der Waals surface area contributed by atoms with E-state index in [1.165, 1.54) is 0 Å². The number of aromatic nitrogens is 1. The maximum absolute atomic E-state index is 12.2. The first-order chi connectivity index (χ1) is 6.07. The Kier molecular flexibility index (Phi) is 2.92. The van der Waals surface area contributed by atoms with Gasteiger partial charge in [0.1, 0.15) is 11.4 Å². The molecule has 0 spiro atoms. The summed E-state index contributed by atoms with van der Waals surface area (Å²) in [6, 6.07) is 0. The number of hydrogen-bond donors (Lipinski definition) is 1. The molecule has 0 unspecified atom stereocenters. The summed E-state index contributed by atoms with van der Waals surface area (Å²) in [4.78, 5) is 13.6. The van der Waals surface area contributed by atoms with Crippen LogP contribution in [0.15, 0.2) is 10.7 Å². The lowest BCUT2D eigenvalue weighted by Crippen LogP contribution is -1.96. The first-order valence-corrected chi connectivity index (χ1v) is 3.98. The van der Waals surface area contributed by atoms with E-state index in [1.54, 1.807) is 0 Å². The molecule has 3 nitrogen and oxygen atoms in total. The lowest BCUT2D eigenvalue weighted by atomic mass is 10.2. The molecule has 6 heteroatoms. The molecule has 1 heterocycles. The molecule has 0 amide bonds. The molecular weight excluding hydrogens is 248 g/mol. The number of hydrogen-bond acceptors (Lipinski definition) is 3. The third-order valence-corrected chi connectivity index (χ3v) is 2.22. The topological polar surface area (TPSA) is 50.2 Å². The number of alkyl halides is 2. The van der Waals surface area contributed by atoms with Crippen molar-refractivity contribution in [2.45, 2.75) is 6.43 Å². The van der Waals surface area contributed by atoms with Gasteiger partial charge >= 0.3 is 0 Å². The third kappa shape index (κ3) is 1.82. The molecule has 1 N–H and O–H groups in total. The fraction of sp³-hybridized carbons (Fsp3) is 0.143. The van der Waals surface area contributed by atoms with Gasteiger partial charge in [-0.05, 0) is 15.9 Å². The van der Waals surface area contributed by atoms with Gasteiger partial charge in [0.25, 0.3) is 6.43 Å². The van der Waals surface area contributed by atoms with E-state index in [0.29, 0.717) is 0 Å². The summed E-state index contributed by atoms with van der Waals surface area (Å²) in [5, 5.41) is 9.03. The Morgan fingerprint density at radius 3 is 2.69 bits per heavy atom. The van der Waals surface area contributed by atoms with Crippen molar-refractivity contribution in [3.8, 4) is 5.75 Å². The number of aldehydes is 1. The Labute approximate surface area is 80.5 Å². The predicted molar refractivity (Wildman–Crippen MR) is 43.9 cm³/mol. The van der Waals surface area contributed by atoms with Crippen LogP contribution >= 0.6 is 15.9 Å². The van der Waals surface area contributed by atoms with Crippen molar-refractivity contribution in [1.29, 1.82) is 0 Å². The molecule has 0 aliphatic heterocycles. The van der Waals surface area contributed by atoms with Gasteiger partial charge in [0, 0.05) is 0 Å². The number of pyridine rings is 1. The summed E-state index contributed by atoms with van der Waals surface area (Å²) in [5.41, 5.74) is -0.773. The number of halogens is 3. The second-order valence-corrected chi connectivity index (χ2v) is 2.97. The minimum absolute atomic E-state index is 0.169. The van der Waals surface area contributed by atoms with E-state index >= 15 is 0 Å². The van der Waals surface area contributed by atoms with E-state index in [-0.39, 0.29) is 16.3 Å². The molecule has 0 bridgehead atoms. The fourth-order valence-electron chi connectivity index (χ4n) is 0.772. The number of carbonyl (C=O) groups is 1. The van der Waals surface area contributed by atoms with Crippen LogP contribution in [0.2, 0.25) is 0 Å².